The molecule has 2 aromatic rings. The summed E-state index contributed by atoms with van der Waals surface area (Å²) in [6.45, 7) is 4.19. The van der Waals surface area contributed by atoms with Crippen molar-refractivity contribution in [3.05, 3.63) is 41.2 Å². The predicted octanol–water partition coefficient (Wildman–Crippen LogP) is 2.46. The molecular formula is C17H25N5O2. The molecule has 1 aromatic carbocycles. The van der Waals surface area contributed by atoms with Gasteiger partial charge in [0.1, 0.15) is 5.75 Å². The first kappa shape index (κ1) is 17.8. The Morgan fingerprint density at radius 3 is 2.71 bits per heavy atom. The molecule has 24 heavy (non-hydrogen) atoms. The second kappa shape index (κ2) is 7.83. The van der Waals surface area contributed by atoms with E-state index in [1.54, 1.807) is 7.11 Å². The van der Waals surface area contributed by atoms with Gasteiger partial charge in [-0.3, -0.25) is 5.10 Å². The number of H-pyrrole nitrogens is 1. The molecule has 0 saturated carbocycles. The maximum atomic E-state index is 12.2. The number of aryl methyl sites for hydroxylation is 2. The molecular weight excluding hydrogens is 306 g/mol. The van der Waals surface area contributed by atoms with E-state index in [0.29, 0.717) is 6.54 Å². The Hall–Kier alpha value is -2.54. The lowest BCUT2D eigenvalue weighted by atomic mass is 10.1. The number of rotatable bonds is 6. The number of carbonyl (C=O) groups is 1. The minimum Gasteiger partial charge on any atom is -0.497 e. The third-order valence-electron chi connectivity index (χ3n) is 3.92. The number of likely N-dealkylation sites (N-methyl/N-ethyl adjacent to an activating group) is 1. The van der Waals surface area contributed by atoms with E-state index < -0.39 is 0 Å². The number of benzene rings is 1. The molecule has 2 rings (SSSR count). The number of urea groups is 1. The van der Waals surface area contributed by atoms with Gasteiger partial charge in [0, 0.05) is 6.54 Å². The summed E-state index contributed by atoms with van der Waals surface area (Å²) in [7, 11) is 5.60. The quantitative estimate of drug-likeness (QED) is 0.759. The maximum Gasteiger partial charge on any atom is 0.319 e. The summed E-state index contributed by atoms with van der Waals surface area (Å²) in [4.78, 5) is 14.2. The smallest absolute Gasteiger partial charge is 0.319 e. The van der Waals surface area contributed by atoms with Crippen molar-refractivity contribution in [2.75, 3.05) is 33.1 Å². The molecule has 0 radical (unpaired) electrons. The summed E-state index contributed by atoms with van der Waals surface area (Å²) in [6.07, 6.45) is 0. The molecule has 3 N–H and O–H groups in total. The van der Waals surface area contributed by atoms with Crippen LogP contribution in [0.1, 0.15) is 23.0 Å². The van der Waals surface area contributed by atoms with E-state index in [1.165, 1.54) is 0 Å². The SMILES string of the molecule is COc1cccc([C@@H](CNC(=O)Nc2c(C)n[nH]c2C)N(C)C)c1. The average Bonchev–Trinajstić information content (AvgIpc) is 2.87. The van der Waals surface area contributed by atoms with E-state index in [1.807, 2.05) is 52.2 Å². The van der Waals surface area contributed by atoms with Gasteiger partial charge in [0.05, 0.1) is 30.2 Å². The second-order valence-corrected chi connectivity index (χ2v) is 5.90. The Morgan fingerprint density at radius 1 is 1.38 bits per heavy atom. The van der Waals surface area contributed by atoms with Gasteiger partial charge < -0.3 is 20.3 Å². The Morgan fingerprint density at radius 2 is 2.12 bits per heavy atom. The number of aromatic nitrogens is 2. The summed E-state index contributed by atoms with van der Waals surface area (Å²) < 4.78 is 5.28. The molecule has 0 aliphatic heterocycles. The minimum absolute atomic E-state index is 0.0393. The fourth-order valence-electron chi connectivity index (χ4n) is 2.53. The van der Waals surface area contributed by atoms with Crippen molar-refractivity contribution < 1.29 is 9.53 Å². The summed E-state index contributed by atoms with van der Waals surface area (Å²) >= 11 is 0. The number of carbonyl (C=O) groups excluding carboxylic acids is 1. The second-order valence-electron chi connectivity index (χ2n) is 5.90. The van der Waals surface area contributed by atoms with Crippen molar-refractivity contribution in [3.8, 4) is 5.75 Å². The summed E-state index contributed by atoms with van der Waals surface area (Å²) in [5.41, 5.74) is 3.39. The number of hydrogen-bond donors (Lipinski definition) is 3. The summed E-state index contributed by atoms with van der Waals surface area (Å²) in [5, 5.41) is 12.7. The highest BCUT2D eigenvalue weighted by molar-refractivity contribution is 5.90. The van der Waals surface area contributed by atoms with Gasteiger partial charge in [-0.15, -0.1) is 0 Å². The molecule has 0 aliphatic rings. The number of nitrogens with one attached hydrogen (secondary N) is 3. The number of methoxy groups -OCH3 is 1. The van der Waals surface area contributed by atoms with Gasteiger partial charge in [-0.1, -0.05) is 12.1 Å². The van der Waals surface area contributed by atoms with Crippen LogP contribution in [0.4, 0.5) is 10.5 Å². The molecule has 0 bridgehead atoms. The van der Waals surface area contributed by atoms with E-state index in [0.717, 1.165) is 28.4 Å². The van der Waals surface area contributed by atoms with Crippen LogP contribution in [-0.2, 0) is 0 Å². The van der Waals surface area contributed by atoms with Gasteiger partial charge in [-0.25, -0.2) is 4.79 Å². The van der Waals surface area contributed by atoms with Crippen LogP contribution in [0, 0.1) is 13.8 Å². The molecule has 0 spiro atoms. The zero-order chi connectivity index (χ0) is 17.7. The molecule has 1 aromatic heterocycles. The topological polar surface area (TPSA) is 82.3 Å². The highest BCUT2D eigenvalue weighted by Gasteiger charge is 2.17. The Bertz CT molecular complexity index is 677. The van der Waals surface area contributed by atoms with Gasteiger partial charge in [0.25, 0.3) is 0 Å². The van der Waals surface area contributed by atoms with Crippen LogP contribution < -0.4 is 15.4 Å². The Kier molecular flexibility index (Phi) is 5.81. The first-order chi connectivity index (χ1) is 11.4. The number of anilines is 1. The molecule has 7 nitrogen and oxygen atoms in total. The predicted molar refractivity (Wildman–Crippen MR) is 94.5 cm³/mol. The number of ether oxygens (including phenoxy) is 1. The van der Waals surface area contributed by atoms with Crippen molar-refractivity contribution in [3.63, 3.8) is 0 Å². The lowest BCUT2D eigenvalue weighted by Gasteiger charge is -2.25. The summed E-state index contributed by atoms with van der Waals surface area (Å²) in [6, 6.07) is 7.64. The lowest BCUT2D eigenvalue weighted by molar-refractivity contribution is 0.243. The summed E-state index contributed by atoms with van der Waals surface area (Å²) in [5.74, 6) is 0.799. The maximum absolute atomic E-state index is 12.2. The highest BCUT2D eigenvalue weighted by atomic mass is 16.5. The van der Waals surface area contributed by atoms with Gasteiger partial charge in [0.2, 0.25) is 0 Å². The fourth-order valence-corrected chi connectivity index (χ4v) is 2.53. The molecule has 2 amide bonds. The van der Waals surface area contributed by atoms with Crippen LogP contribution >= 0.6 is 0 Å². The van der Waals surface area contributed by atoms with Crippen molar-refractivity contribution in [2.45, 2.75) is 19.9 Å². The van der Waals surface area contributed by atoms with Gasteiger partial charge in [-0.2, -0.15) is 5.10 Å². The number of amides is 2. The van der Waals surface area contributed by atoms with Crippen LogP contribution in [0.2, 0.25) is 0 Å². The molecule has 0 unspecified atom stereocenters. The van der Waals surface area contributed by atoms with E-state index >= 15 is 0 Å². The molecule has 0 fully saturated rings. The van der Waals surface area contributed by atoms with Crippen LogP contribution in [0.15, 0.2) is 24.3 Å². The Balaban J connectivity index is 2.02. The molecule has 0 aliphatic carbocycles. The monoisotopic (exact) mass is 331 g/mol. The first-order valence-corrected chi connectivity index (χ1v) is 7.79. The first-order valence-electron chi connectivity index (χ1n) is 7.79. The largest absolute Gasteiger partial charge is 0.497 e. The molecule has 1 atom stereocenters. The zero-order valence-corrected chi connectivity index (χ0v) is 14.8. The number of nitrogens with zero attached hydrogens (tertiary/aromatic N) is 2. The lowest BCUT2D eigenvalue weighted by Crippen LogP contribution is -2.37. The number of aromatic amines is 1. The standard InChI is InChI=1S/C17H25N5O2/c1-11-16(12(2)21-20-11)19-17(23)18-10-15(22(3)4)13-7-6-8-14(9-13)24-5/h6-9,15H,10H2,1-5H3,(H,20,21)(H2,18,19,23)/t15-/m1/s1. The fraction of sp³-hybridized carbons (Fsp3) is 0.412. The molecule has 0 saturated heterocycles. The van der Waals surface area contributed by atoms with Crippen LogP contribution in [0.25, 0.3) is 0 Å². The average molecular weight is 331 g/mol. The van der Waals surface area contributed by atoms with Crippen molar-refractivity contribution in [2.24, 2.45) is 0 Å². The zero-order valence-electron chi connectivity index (χ0n) is 14.8. The molecule has 7 heteroatoms. The van der Waals surface area contributed by atoms with E-state index in [9.17, 15) is 4.79 Å². The van der Waals surface area contributed by atoms with Crippen molar-refractivity contribution in [1.29, 1.82) is 0 Å². The van der Waals surface area contributed by atoms with Gasteiger partial charge >= 0.3 is 6.03 Å². The van der Waals surface area contributed by atoms with E-state index in [-0.39, 0.29) is 12.1 Å². The molecule has 1 heterocycles. The van der Waals surface area contributed by atoms with Crippen LogP contribution in [0.3, 0.4) is 0 Å². The van der Waals surface area contributed by atoms with Gasteiger partial charge in [0.15, 0.2) is 0 Å². The van der Waals surface area contributed by atoms with Crippen LogP contribution in [-0.4, -0.2) is 48.9 Å². The van der Waals surface area contributed by atoms with E-state index in [4.69, 9.17) is 4.74 Å². The third kappa shape index (κ3) is 4.26. The highest BCUT2D eigenvalue weighted by Crippen LogP contribution is 2.22. The van der Waals surface area contributed by atoms with E-state index in [2.05, 4.69) is 25.7 Å². The van der Waals surface area contributed by atoms with Crippen molar-refractivity contribution in [1.82, 2.24) is 20.4 Å². The molecule has 130 valence electrons. The third-order valence-corrected chi connectivity index (χ3v) is 3.92. The Labute approximate surface area is 142 Å². The van der Waals surface area contributed by atoms with Gasteiger partial charge in [-0.05, 0) is 45.6 Å². The number of hydrogen-bond acceptors (Lipinski definition) is 4. The normalized spacial score (nSPS) is 12.1. The van der Waals surface area contributed by atoms with Crippen molar-refractivity contribution >= 4 is 11.7 Å². The van der Waals surface area contributed by atoms with Crippen LogP contribution in [0.5, 0.6) is 5.75 Å². The minimum atomic E-state index is -0.252.